The maximum Gasteiger partial charge on any atom is 0.265 e. The normalized spacial score (nSPS) is 10.5. The molecule has 0 aromatic carbocycles. The summed E-state index contributed by atoms with van der Waals surface area (Å²) in [5.74, 6) is 1.33. The molecule has 0 bridgehead atoms. The third-order valence-electron chi connectivity index (χ3n) is 3.10. The van der Waals surface area contributed by atoms with Crippen molar-refractivity contribution in [3.63, 3.8) is 0 Å². The maximum absolute atomic E-state index is 11.9. The molecule has 0 saturated heterocycles. The Bertz CT molecular complexity index is 784. The Morgan fingerprint density at radius 1 is 1.26 bits per heavy atom. The molecule has 3 aromatic heterocycles. The second-order valence-electron chi connectivity index (χ2n) is 4.72. The van der Waals surface area contributed by atoms with Crippen molar-refractivity contribution in [2.45, 2.75) is 6.92 Å². The summed E-state index contributed by atoms with van der Waals surface area (Å²) in [7, 11) is 0. The molecule has 9 heteroatoms. The number of hydrogen-bond acceptors (Lipinski definition) is 7. The number of anilines is 1. The molecule has 0 radical (unpaired) electrons. The number of nitrogens with zero attached hydrogens (tertiary/aromatic N) is 5. The van der Waals surface area contributed by atoms with Crippen molar-refractivity contribution in [2.75, 3.05) is 18.4 Å². The Hall–Kier alpha value is -2.81. The maximum atomic E-state index is 11.9. The van der Waals surface area contributed by atoms with E-state index in [2.05, 4.69) is 30.2 Å². The van der Waals surface area contributed by atoms with E-state index in [1.807, 2.05) is 35.2 Å². The van der Waals surface area contributed by atoms with Crippen LogP contribution >= 0.6 is 11.5 Å². The fourth-order valence-electron chi connectivity index (χ4n) is 1.96. The van der Waals surface area contributed by atoms with Crippen molar-refractivity contribution in [2.24, 2.45) is 0 Å². The fraction of sp³-hybridized carbons (Fsp3) is 0.214. The molecule has 8 nitrogen and oxygen atoms in total. The lowest BCUT2D eigenvalue weighted by atomic mass is 10.4. The molecule has 0 aliphatic rings. The van der Waals surface area contributed by atoms with Gasteiger partial charge in [0.05, 0.1) is 5.69 Å². The summed E-state index contributed by atoms with van der Waals surface area (Å²) in [5, 5.41) is 9.79. The van der Waals surface area contributed by atoms with Gasteiger partial charge in [-0.15, -0.1) is 5.10 Å². The van der Waals surface area contributed by atoms with Crippen molar-refractivity contribution in [3.05, 3.63) is 47.5 Å². The van der Waals surface area contributed by atoms with Gasteiger partial charge >= 0.3 is 0 Å². The van der Waals surface area contributed by atoms with Crippen LogP contribution < -0.4 is 10.6 Å². The Morgan fingerprint density at radius 2 is 2.09 bits per heavy atom. The quantitative estimate of drug-likeness (QED) is 0.661. The molecule has 0 saturated carbocycles. The molecular weight excluding hydrogens is 314 g/mol. The van der Waals surface area contributed by atoms with E-state index in [-0.39, 0.29) is 5.91 Å². The third-order valence-corrected chi connectivity index (χ3v) is 3.92. The minimum atomic E-state index is -0.157. The number of rotatable bonds is 6. The smallest absolute Gasteiger partial charge is 0.265 e. The van der Waals surface area contributed by atoms with Gasteiger partial charge in [0, 0.05) is 31.5 Å². The first-order chi connectivity index (χ1) is 11.2. The summed E-state index contributed by atoms with van der Waals surface area (Å²) < 4.78 is 5.65. The predicted octanol–water partition coefficient (Wildman–Crippen LogP) is 1.27. The second kappa shape index (κ2) is 6.97. The molecule has 23 heavy (non-hydrogen) atoms. The lowest BCUT2D eigenvalue weighted by Gasteiger charge is -2.08. The van der Waals surface area contributed by atoms with Gasteiger partial charge < -0.3 is 15.2 Å². The molecule has 0 fully saturated rings. The van der Waals surface area contributed by atoms with Crippen LogP contribution in [0.3, 0.4) is 0 Å². The van der Waals surface area contributed by atoms with Gasteiger partial charge in [-0.25, -0.2) is 9.97 Å². The van der Waals surface area contributed by atoms with Gasteiger partial charge in [0.25, 0.3) is 5.91 Å². The SMILES string of the molecule is Cc1nnsc1C(=O)NCCNc1cc(-n2cccc2)ncn1. The highest BCUT2D eigenvalue weighted by Gasteiger charge is 2.11. The number of aryl methyl sites for hydroxylation is 1. The lowest BCUT2D eigenvalue weighted by Crippen LogP contribution is -2.28. The number of hydrogen-bond donors (Lipinski definition) is 2. The molecule has 0 spiro atoms. The van der Waals surface area contributed by atoms with E-state index in [4.69, 9.17) is 0 Å². The molecule has 0 aliphatic carbocycles. The number of carbonyl (C=O) groups is 1. The van der Waals surface area contributed by atoms with Crippen LogP contribution in [-0.2, 0) is 0 Å². The minimum absolute atomic E-state index is 0.157. The molecule has 1 amide bonds. The highest BCUT2D eigenvalue weighted by Crippen LogP contribution is 2.09. The summed E-state index contributed by atoms with van der Waals surface area (Å²) in [6, 6.07) is 5.71. The molecule has 3 rings (SSSR count). The van der Waals surface area contributed by atoms with Crippen LogP contribution in [0.25, 0.3) is 5.82 Å². The van der Waals surface area contributed by atoms with Crippen molar-refractivity contribution in [1.82, 2.24) is 29.4 Å². The summed E-state index contributed by atoms with van der Waals surface area (Å²) in [6.45, 7) is 2.79. The number of amides is 1. The molecule has 118 valence electrons. The first-order valence-electron chi connectivity index (χ1n) is 7.00. The van der Waals surface area contributed by atoms with Crippen LogP contribution in [0.2, 0.25) is 0 Å². The van der Waals surface area contributed by atoms with Crippen LogP contribution in [0.1, 0.15) is 15.4 Å². The lowest BCUT2D eigenvalue weighted by molar-refractivity contribution is 0.0958. The average Bonchev–Trinajstić information content (AvgIpc) is 3.23. The van der Waals surface area contributed by atoms with E-state index < -0.39 is 0 Å². The standard InChI is InChI=1S/C14H15N7OS/c1-10-13(23-20-19-10)14(22)16-5-4-15-11-8-12(18-9-17-11)21-6-2-3-7-21/h2-3,6-9H,4-5H2,1H3,(H,16,22)(H,15,17,18). The highest BCUT2D eigenvalue weighted by atomic mass is 32.1. The van der Waals surface area contributed by atoms with E-state index in [9.17, 15) is 4.79 Å². The van der Waals surface area contributed by atoms with Gasteiger partial charge in [-0.1, -0.05) is 4.49 Å². The molecular formula is C14H15N7OS. The van der Waals surface area contributed by atoms with E-state index in [0.29, 0.717) is 29.5 Å². The molecule has 3 aromatic rings. The van der Waals surface area contributed by atoms with Crippen molar-refractivity contribution < 1.29 is 4.79 Å². The van der Waals surface area contributed by atoms with Crippen molar-refractivity contribution >= 4 is 23.3 Å². The van der Waals surface area contributed by atoms with Crippen LogP contribution in [0.5, 0.6) is 0 Å². The van der Waals surface area contributed by atoms with Crippen LogP contribution in [-0.4, -0.2) is 43.1 Å². The van der Waals surface area contributed by atoms with Crippen molar-refractivity contribution in [1.29, 1.82) is 0 Å². The molecule has 0 unspecified atom stereocenters. The van der Waals surface area contributed by atoms with E-state index in [0.717, 1.165) is 17.4 Å². The zero-order chi connectivity index (χ0) is 16.1. The largest absolute Gasteiger partial charge is 0.368 e. The van der Waals surface area contributed by atoms with E-state index in [1.165, 1.54) is 6.33 Å². The van der Waals surface area contributed by atoms with Crippen LogP contribution in [0.4, 0.5) is 5.82 Å². The predicted molar refractivity (Wildman–Crippen MR) is 86.8 cm³/mol. The summed E-state index contributed by atoms with van der Waals surface area (Å²) in [4.78, 5) is 20.8. The molecule has 2 N–H and O–H groups in total. The van der Waals surface area contributed by atoms with Gasteiger partial charge in [0.1, 0.15) is 22.8 Å². The fourth-order valence-corrected chi connectivity index (χ4v) is 2.53. The molecule has 0 atom stereocenters. The number of nitrogens with one attached hydrogen (secondary N) is 2. The Kier molecular flexibility index (Phi) is 4.57. The zero-order valence-corrected chi connectivity index (χ0v) is 13.2. The van der Waals surface area contributed by atoms with Crippen molar-refractivity contribution in [3.8, 4) is 5.82 Å². The van der Waals surface area contributed by atoms with E-state index in [1.54, 1.807) is 6.92 Å². The summed E-state index contributed by atoms with van der Waals surface area (Å²) >= 11 is 1.10. The second-order valence-corrected chi connectivity index (χ2v) is 5.48. The van der Waals surface area contributed by atoms with Crippen LogP contribution in [0.15, 0.2) is 36.9 Å². The Morgan fingerprint density at radius 3 is 2.83 bits per heavy atom. The first kappa shape index (κ1) is 15.1. The monoisotopic (exact) mass is 329 g/mol. The summed E-state index contributed by atoms with van der Waals surface area (Å²) in [6.07, 6.45) is 5.33. The van der Waals surface area contributed by atoms with Gasteiger partial charge in [-0.05, 0) is 30.6 Å². The van der Waals surface area contributed by atoms with Gasteiger partial charge in [0.2, 0.25) is 0 Å². The van der Waals surface area contributed by atoms with E-state index >= 15 is 0 Å². The highest BCUT2D eigenvalue weighted by molar-refractivity contribution is 7.07. The molecule has 0 aliphatic heterocycles. The topological polar surface area (TPSA) is 97.6 Å². The first-order valence-corrected chi connectivity index (χ1v) is 7.78. The zero-order valence-electron chi connectivity index (χ0n) is 12.4. The average molecular weight is 329 g/mol. The minimum Gasteiger partial charge on any atom is -0.368 e. The Labute approximate surface area is 136 Å². The van der Waals surface area contributed by atoms with Gasteiger partial charge in [-0.2, -0.15) is 0 Å². The number of carbonyl (C=O) groups excluding carboxylic acids is 1. The van der Waals surface area contributed by atoms with Crippen LogP contribution in [0, 0.1) is 6.92 Å². The van der Waals surface area contributed by atoms with Gasteiger partial charge in [-0.3, -0.25) is 4.79 Å². The Balaban J connectivity index is 1.50. The summed E-state index contributed by atoms with van der Waals surface area (Å²) in [5.41, 5.74) is 0.646. The number of aromatic nitrogens is 5. The molecule has 3 heterocycles. The van der Waals surface area contributed by atoms with Gasteiger partial charge in [0.15, 0.2) is 0 Å². The third kappa shape index (κ3) is 3.69.